The number of nitrogens with one attached hydrogen (secondary N) is 1. The van der Waals surface area contributed by atoms with Gasteiger partial charge in [0.05, 0.1) is 0 Å². The van der Waals surface area contributed by atoms with Gasteiger partial charge in [-0.3, -0.25) is 0 Å². The van der Waals surface area contributed by atoms with Gasteiger partial charge in [0.1, 0.15) is 0 Å². The summed E-state index contributed by atoms with van der Waals surface area (Å²) in [6.07, 6.45) is 5.84. The SMILES string of the molecule is C1=CNSC=C1.O.[Ca+2].[O-]B[O-]. The summed E-state index contributed by atoms with van der Waals surface area (Å²) in [6.45, 7) is 0. The standard InChI is InChI=1S/C4H5NS.BHO2.Ca.H2O/c1-2-4-6-5-3-1;2-1-3;;/h1-5H;1H;;1H2/q;-2;+2;. The minimum Gasteiger partial charge on any atom is -0.896 e. The Kier molecular flexibility index (Phi) is 27.6. The Morgan fingerprint density at radius 3 is 1.91 bits per heavy atom. The van der Waals surface area contributed by atoms with Crippen LogP contribution < -0.4 is 14.8 Å². The first-order valence-corrected chi connectivity index (χ1v) is 3.19. The van der Waals surface area contributed by atoms with Gasteiger partial charge in [0.2, 0.25) is 0 Å². The van der Waals surface area contributed by atoms with Crippen molar-refractivity contribution in [1.82, 2.24) is 4.72 Å². The zero-order valence-corrected chi connectivity index (χ0v) is 8.97. The van der Waals surface area contributed by atoms with Crippen molar-refractivity contribution in [2.24, 2.45) is 0 Å². The van der Waals surface area contributed by atoms with Crippen LogP contribution in [0.2, 0.25) is 0 Å². The van der Waals surface area contributed by atoms with E-state index in [0.29, 0.717) is 0 Å². The second-order valence-corrected chi connectivity index (χ2v) is 1.78. The van der Waals surface area contributed by atoms with E-state index >= 15 is 0 Å². The third kappa shape index (κ3) is 18.1. The van der Waals surface area contributed by atoms with Crippen LogP contribution >= 0.6 is 11.9 Å². The first-order chi connectivity index (χ1) is 4.41. The molecule has 0 atom stereocenters. The maximum atomic E-state index is 8.38. The molecule has 58 valence electrons. The maximum Gasteiger partial charge on any atom is 2.00 e. The van der Waals surface area contributed by atoms with Gasteiger partial charge in [0.25, 0.3) is 0 Å². The summed E-state index contributed by atoms with van der Waals surface area (Å²) < 4.78 is 2.93. The van der Waals surface area contributed by atoms with Crippen LogP contribution in [0.25, 0.3) is 0 Å². The average molecular weight is 201 g/mol. The van der Waals surface area contributed by atoms with Crippen molar-refractivity contribution >= 4 is 57.4 Å². The molecule has 0 aromatic heterocycles. The predicted molar refractivity (Wildman–Crippen MR) is 45.5 cm³/mol. The summed E-state index contributed by atoms with van der Waals surface area (Å²) in [5.74, 6) is 0. The minimum absolute atomic E-state index is 0. The Balaban J connectivity index is -0.000000116. The van der Waals surface area contributed by atoms with Crippen molar-refractivity contribution in [2.75, 3.05) is 0 Å². The Labute approximate surface area is 101 Å². The van der Waals surface area contributed by atoms with Gasteiger partial charge >= 0.3 is 37.7 Å². The largest absolute Gasteiger partial charge is 2.00 e. The van der Waals surface area contributed by atoms with E-state index < -0.39 is 7.69 Å². The monoisotopic (exact) mass is 201 g/mol. The fourth-order valence-corrected chi connectivity index (χ4v) is 0.663. The first-order valence-electron chi connectivity index (χ1n) is 2.31. The zero-order chi connectivity index (χ0) is 6.95. The second-order valence-electron chi connectivity index (χ2n) is 1.04. The van der Waals surface area contributed by atoms with Crippen molar-refractivity contribution in [1.29, 1.82) is 0 Å². The number of hydrogen-bond donors (Lipinski definition) is 1. The van der Waals surface area contributed by atoms with Crippen molar-refractivity contribution in [2.45, 2.75) is 0 Å². The van der Waals surface area contributed by atoms with Crippen LogP contribution in [-0.2, 0) is 0 Å². The molecule has 11 heavy (non-hydrogen) atoms. The molecule has 0 saturated carbocycles. The Morgan fingerprint density at radius 2 is 1.82 bits per heavy atom. The molecule has 0 aliphatic carbocycles. The summed E-state index contributed by atoms with van der Waals surface area (Å²) in [6, 6.07) is 0. The minimum atomic E-state index is -1.25. The average Bonchev–Trinajstić information content (AvgIpc) is 1.93. The molecule has 0 amide bonds. The predicted octanol–water partition coefficient (Wildman–Crippen LogP) is -2.97. The van der Waals surface area contributed by atoms with Crippen molar-refractivity contribution in [3.8, 4) is 0 Å². The van der Waals surface area contributed by atoms with Crippen LogP contribution in [0.5, 0.6) is 0 Å². The van der Waals surface area contributed by atoms with Gasteiger partial charge in [-0.1, -0.05) is 6.08 Å². The van der Waals surface area contributed by atoms with Crippen molar-refractivity contribution in [3.05, 3.63) is 23.8 Å². The van der Waals surface area contributed by atoms with Crippen LogP contribution in [0, 0.1) is 0 Å². The molecule has 1 rings (SSSR count). The molecule has 0 fully saturated rings. The van der Waals surface area contributed by atoms with E-state index in [1.165, 1.54) is 0 Å². The normalized spacial score (nSPS) is 10.7. The molecule has 0 spiro atoms. The number of rotatable bonds is 0. The van der Waals surface area contributed by atoms with E-state index in [-0.39, 0.29) is 43.2 Å². The molecule has 0 bridgehead atoms. The van der Waals surface area contributed by atoms with E-state index in [1.54, 1.807) is 11.9 Å². The smallest absolute Gasteiger partial charge is 0.896 e. The molecule has 4 nitrogen and oxygen atoms in total. The number of allylic oxidation sites excluding steroid dienone is 2. The molecular weight excluding hydrogens is 193 g/mol. The fourth-order valence-electron chi connectivity index (χ4n) is 0.258. The third-order valence-corrected chi connectivity index (χ3v) is 1.06. The fraction of sp³-hybridized carbons (Fsp3) is 0. The van der Waals surface area contributed by atoms with Crippen LogP contribution in [0.1, 0.15) is 0 Å². The van der Waals surface area contributed by atoms with Crippen LogP contribution in [0.3, 0.4) is 0 Å². The molecule has 0 radical (unpaired) electrons. The molecule has 7 heteroatoms. The summed E-state index contributed by atoms with van der Waals surface area (Å²) >= 11 is 1.58. The van der Waals surface area contributed by atoms with E-state index in [2.05, 4.69) is 4.72 Å². The maximum absolute atomic E-state index is 8.38. The van der Waals surface area contributed by atoms with E-state index in [9.17, 15) is 0 Å². The summed E-state index contributed by atoms with van der Waals surface area (Å²) in [5, 5.41) is 18.7. The van der Waals surface area contributed by atoms with Crippen molar-refractivity contribution in [3.63, 3.8) is 0 Å². The Morgan fingerprint density at radius 1 is 1.27 bits per heavy atom. The quantitative estimate of drug-likeness (QED) is 0.335. The Bertz CT molecular complexity index is 102. The molecule has 1 heterocycles. The third-order valence-electron chi connectivity index (χ3n) is 0.490. The first kappa shape index (κ1) is 17.8. The molecule has 0 aromatic rings. The summed E-state index contributed by atoms with van der Waals surface area (Å²) in [5.41, 5.74) is 0. The molecule has 0 unspecified atom stereocenters. The summed E-state index contributed by atoms with van der Waals surface area (Å²) in [4.78, 5) is 0. The van der Waals surface area contributed by atoms with E-state index in [4.69, 9.17) is 10.0 Å². The van der Waals surface area contributed by atoms with E-state index in [0.717, 1.165) is 0 Å². The van der Waals surface area contributed by atoms with Gasteiger partial charge in [0, 0.05) is 6.20 Å². The van der Waals surface area contributed by atoms with Gasteiger partial charge in [0.15, 0.2) is 0 Å². The molecule has 1 aliphatic heterocycles. The Hall–Kier alpha value is 0.835. The number of hydrogen-bond acceptors (Lipinski definition) is 4. The van der Waals surface area contributed by atoms with Crippen molar-refractivity contribution < 1.29 is 15.5 Å². The van der Waals surface area contributed by atoms with Gasteiger partial charge in [-0.2, -0.15) is 0 Å². The van der Waals surface area contributed by atoms with Gasteiger partial charge in [-0.15, -0.1) is 7.69 Å². The molecular formula is C4H8BCaNO3S. The van der Waals surface area contributed by atoms with Gasteiger partial charge < -0.3 is 20.2 Å². The van der Waals surface area contributed by atoms with Crippen LogP contribution in [-0.4, -0.2) is 50.9 Å². The second kappa shape index (κ2) is 17.1. The molecule has 0 aromatic carbocycles. The van der Waals surface area contributed by atoms with E-state index in [1.807, 2.05) is 23.8 Å². The zero-order valence-electron chi connectivity index (χ0n) is 5.95. The van der Waals surface area contributed by atoms with Gasteiger partial charge in [-0.05, 0) is 23.4 Å². The molecule has 1 aliphatic rings. The molecule has 3 N–H and O–H groups in total. The molecule has 0 saturated heterocycles. The topological polar surface area (TPSA) is 89.7 Å². The summed E-state index contributed by atoms with van der Waals surface area (Å²) in [7, 11) is -1.25. The van der Waals surface area contributed by atoms with Crippen LogP contribution in [0.15, 0.2) is 23.8 Å². The van der Waals surface area contributed by atoms with Crippen LogP contribution in [0.4, 0.5) is 0 Å². The van der Waals surface area contributed by atoms with Gasteiger partial charge in [-0.25, -0.2) is 0 Å².